The number of benzene rings is 1. The molecule has 0 saturated heterocycles. The minimum atomic E-state index is -0.544. The largest absolute Gasteiger partial charge is 0.493 e. The molecular formula is C27H30N4O5S. The van der Waals surface area contributed by atoms with Crippen LogP contribution in [0.1, 0.15) is 37.1 Å². The van der Waals surface area contributed by atoms with E-state index in [1.54, 1.807) is 26.5 Å². The molecule has 2 aliphatic rings. The van der Waals surface area contributed by atoms with E-state index in [0.717, 1.165) is 17.0 Å². The normalized spacial score (nSPS) is 16.5. The van der Waals surface area contributed by atoms with Crippen molar-refractivity contribution in [3.63, 3.8) is 0 Å². The Hall–Kier alpha value is -3.79. The minimum absolute atomic E-state index is 0.125. The maximum absolute atomic E-state index is 13.0. The van der Waals surface area contributed by atoms with E-state index in [0.29, 0.717) is 47.3 Å². The number of hydrogen-bond acceptors (Lipinski definition) is 9. The van der Waals surface area contributed by atoms with E-state index in [9.17, 15) is 9.59 Å². The number of hydrogen-bond donors (Lipinski definition) is 1. The molecule has 37 heavy (non-hydrogen) atoms. The summed E-state index contributed by atoms with van der Waals surface area (Å²) in [4.78, 5) is 36.9. The predicted molar refractivity (Wildman–Crippen MR) is 142 cm³/mol. The van der Waals surface area contributed by atoms with Crippen molar-refractivity contribution in [2.45, 2.75) is 32.2 Å². The fraction of sp³-hybridized carbons (Fsp3) is 0.333. The first-order valence-electron chi connectivity index (χ1n) is 11.9. The van der Waals surface area contributed by atoms with Crippen molar-refractivity contribution in [1.82, 2.24) is 15.2 Å². The van der Waals surface area contributed by atoms with Gasteiger partial charge in [0.05, 0.1) is 45.1 Å². The van der Waals surface area contributed by atoms with E-state index < -0.39 is 12.0 Å². The number of rotatable bonds is 10. The number of carbonyl (C=O) groups is 2. The Morgan fingerprint density at radius 2 is 1.92 bits per heavy atom. The van der Waals surface area contributed by atoms with Crippen LogP contribution in [-0.4, -0.2) is 54.8 Å². The van der Waals surface area contributed by atoms with E-state index in [1.807, 2.05) is 47.6 Å². The molecule has 0 saturated carbocycles. The van der Waals surface area contributed by atoms with Crippen LogP contribution in [0.4, 0.5) is 0 Å². The molecule has 1 aromatic heterocycles. The molecule has 1 aromatic carbocycles. The summed E-state index contributed by atoms with van der Waals surface area (Å²) in [6.45, 7) is 2.43. The van der Waals surface area contributed by atoms with Crippen LogP contribution in [0, 0.1) is 0 Å². The molecule has 2 aliphatic heterocycles. The zero-order valence-corrected chi connectivity index (χ0v) is 22.1. The zero-order chi connectivity index (χ0) is 26.4. The number of amides is 1. The van der Waals surface area contributed by atoms with Crippen LogP contribution in [0.5, 0.6) is 11.5 Å². The molecule has 0 spiro atoms. The van der Waals surface area contributed by atoms with Gasteiger partial charge in [-0.2, -0.15) is 0 Å². The molecule has 1 amide bonds. The Kier molecular flexibility index (Phi) is 8.50. The van der Waals surface area contributed by atoms with Gasteiger partial charge < -0.3 is 24.4 Å². The van der Waals surface area contributed by atoms with Gasteiger partial charge in [0, 0.05) is 30.6 Å². The van der Waals surface area contributed by atoms with E-state index in [-0.39, 0.29) is 12.3 Å². The number of nitrogens with one attached hydrogen (secondary N) is 1. The summed E-state index contributed by atoms with van der Waals surface area (Å²) in [6.07, 6.45) is 3.06. The Labute approximate surface area is 220 Å². The number of ether oxygens (including phenoxy) is 3. The second-order valence-corrected chi connectivity index (χ2v) is 9.15. The molecule has 0 bridgehead atoms. The van der Waals surface area contributed by atoms with Crippen molar-refractivity contribution in [2.75, 3.05) is 27.9 Å². The van der Waals surface area contributed by atoms with Gasteiger partial charge in [-0.1, -0.05) is 30.8 Å². The fourth-order valence-electron chi connectivity index (χ4n) is 4.35. The van der Waals surface area contributed by atoms with Gasteiger partial charge in [-0.05, 0) is 41.7 Å². The summed E-state index contributed by atoms with van der Waals surface area (Å²) in [7, 11) is 4.50. The number of methoxy groups -OCH3 is 3. The van der Waals surface area contributed by atoms with Crippen LogP contribution in [0.2, 0.25) is 0 Å². The first-order valence-corrected chi connectivity index (χ1v) is 12.8. The average molecular weight is 523 g/mol. The van der Waals surface area contributed by atoms with Crippen molar-refractivity contribution >= 4 is 28.8 Å². The number of aromatic nitrogens is 1. The Morgan fingerprint density at radius 1 is 1.11 bits per heavy atom. The SMILES string of the molecule is CCC1=C(C(=O)OC)C(c2ccc(OC)c(OC)c2)N2C(CC(=O)NCCc3ccccn3)=CSC2=N1. The third-order valence-corrected chi connectivity index (χ3v) is 7.01. The first-order chi connectivity index (χ1) is 18.0. The molecule has 194 valence electrons. The lowest BCUT2D eigenvalue weighted by Gasteiger charge is -2.36. The van der Waals surface area contributed by atoms with E-state index >= 15 is 0 Å². The van der Waals surface area contributed by atoms with Crippen LogP contribution >= 0.6 is 11.8 Å². The van der Waals surface area contributed by atoms with Crippen molar-refractivity contribution in [3.8, 4) is 11.5 Å². The standard InChI is InChI=1S/C27H30N4O5S/c1-5-20-24(26(33)36-4)25(17-9-10-21(34-2)22(14-17)35-3)31-19(16-37-27(31)30-20)15-23(32)29-13-11-18-8-6-7-12-28-18/h6-10,12,14,16,25H,5,11,13,15H2,1-4H3,(H,29,32). The third kappa shape index (κ3) is 5.64. The van der Waals surface area contributed by atoms with Gasteiger partial charge in [0.1, 0.15) is 0 Å². The van der Waals surface area contributed by atoms with Crippen LogP contribution in [0.15, 0.2) is 70.0 Å². The van der Waals surface area contributed by atoms with E-state index in [2.05, 4.69) is 10.3 Å². The van der Waals surface area contributed by atoms with Gasteiger partial charge in [0.15, 0.2) is 16.7 Å². The lowest BCUT2D eigenvalue weighted by molar-refractivity contribution is -0.136. The third-order valence-electron chi connectivity index (χ3n) is 6.12. The van der Waals surface area contributed by atoms with Crippen molar-refractivity contribution in [1.29, 1.82) is 0 Å². The molecule has 2 aromatic rings. The molecule has 1 unspecified atom stereocenters. The van der Waals surface area contributed by atoms with E-state index in [1.165, 1.54) is 18.9 Å². The van der Waals surface area contributed by atoms with Gasteiger partial charge >= 0.3 is 5.97 Å². The summed E-state index contributed by atoms with van der Waals surface area (Å²) in [6, 6.07) is 10.7. The minimum Gasteiger partial charge on any atom is -0.493 e. The molecule has 1 atom stereocenters. The number of pyridine rings is 1. The molecule has 10 heteroatoms. The molecule has 3 heterocycles. The molecule has 0 fully saturated rings. The smallest absolute Gasteiger partial charge is 0.338 e. The fourth-order valence-corrected chi connectivity index (χ4v) is 5.29. The highest BCUT2D eigenvalue weighted by atomic mass is 32.2. The zero-order valence-electron chi connectivity index (χ0n) is 21.3. The number of allylic oxidation sites excluding steroid dienone is 1. The Balaban J connectivity index is 1.62. The highest BCUT2D eigenvalue weighted by Crippen LogP contribution is 2.46. The lowest BCUT2D eigenvalue weighted by atomic mass is 9.92. The number of esters is 1. The first kappa shape index (κ1) is 26.3. The molecule has 4 rings (SSSR count). The van der Waals surface area contributed by atoms with Crippen molar-refractivity contribution < 1.29 is 23.8 Å². The number of thioether (sulfide) groups is 1. The molecule has 0 radical (unpaired) electrons. The average Bonchev–Trinajstić information content (AvgIpc) is 3.33. The molecule has 0 aliphatic carbocycles. The van der Waals surface area contributed by atoms with Crippen LogP contribution in [0.3, 0.4) is 0 Å². The highest BCUT2D eigenvalue weighted by Gasteiger charge is 2.41. The monoisotopic (exact) mass is 522 g/mol. The molecular weight excluding hydrogens is 492 g/mol. The number of amidine groups is 1. The maximum atomic E-state index is 13.0. The summed E-state index contributed by atoms with van der Waals surface area (Å²) >= 11 is 1.44. The van der Waals surface area contributed by atoms with Gasteiger partial charge in [-0.25, -0.2) is 9.79 Å². The summed E-state index contributed by atoms with van der Waals surface area (Å²) in [5.74, 6) is 0.528. The highest BCUT2D eigenvalue weighted by molar-refractivity contribution is 8.16. The predicted octanol–water partition coefficient (Wildman–Crippen LogP) is 3.99. The topological polar surface area (TPSA) is 102 Å². The van der Waals surface area contributed by atoms with E-state index in [4.69, 9.17) is 19.2 Å². The van der Waals surface area contributed by atoms with Crippen molar-refractivity contribution in [2.24, 2.45) is 4.99 Å². The van der Waals surface area contributed by atoms with Gasteiger partial charge in [-0.15, -0.1) is 0 Å². The number of carbonyl (C=O) groups excluding carboxylic acids is 2. The Morgan fingerprint density at radius 3 is 2.59 bits per heavy atom. The Bertz CT molecular complexity index is 1260. The lowest BCUT2D eigenvalue weighted by Crippen LogP contribution is -2.38. The summed E-state index contributed by atoms with van der Waals surface area (Å²) in [5.41, 5.74) is 3.54. The van der Waals surface area contributed by atoms with Gasteiger partial charge in [-0.3, -0.25) is 9.78 Å². The van der Waals surface area contributed by atoms with Crippen LogP contribution in [-0.2, 0) is 20.7 Å². The molecule has 9 nitrogen and oxygen atoms in total. The van der Waals surface area contributed by atoms with Crippen LogP contribution in [0.25, 0.3) is 0 Å². The maximum Gasteiger partial charge on any atom is 0.338 e. The van der Waals surface area contributed by atoms with Gasteiger partial charge in [0.2, 0.25) is 5.91 Å². The summed E-state index contributed by atoms with van der Waals surface area (Å²) < 4.78 is 16.1. The second-order valence-electron chi connectivity index (χ2n) is 8.31. The molecule has 1 N–H and O–H groups in total. The summed E-state index contributed by atoms with van der Waals surface area (Å²) in [5, 5.41) is 5.59. The quantitative estimate of drug-likeness (QED) is 0.468. The van der Waals surface area contributed by atoms with Gasteiger partial charge in [0.25, 0.3) is 0 Å². The second kappa shape index (κ2) is 12.0. The number of fused-ring (bicyclic) bond motifs is 1. The van der Waals surface area contributed by atoms with Crippen LogP contribution < -0.4 is 14.8 Å². The van der Waals surface area contributed by atoms with Crippen molar-refractivity contribution in [3.05, 3.63) is 76.2 Å². The number of nitrogens with zero attached hydrogens (tertiary/aromatic N) is 3. The number of aliphatic imine (C=N–C) groups is 1.